The highest BCUT2D eigenvalue weighted by Gasteiger charge is 2.33. The van der Waals surface area contributed by atoms with Crippen molar-refractivity contribution >= 4 is 50.1 Å². The summed E-state index contributed by atoms with van der Waals surface area (Å²) in [5.74, 6) is -0.457. The molecule has 0 unspecified atom stereocenters. The normalized spacial score (nSPS) is 11.3. The van der Waals surface area contributed by atoms with E-state index in [2.05, 4.69) is 43.8 Å². The zero-order valence-corrected chi connectivity index (χ0v) is 14.1. The summed E-state index contributed by atoms with van der Waals surface area (Å²) in [4.78, 5) is 12.0. The fraction of sp³-hybridized carbons (Fsp3) is 0.0714. The molecular weight excluding hydrogens is 462 g/mol. The molecule has 7 heteroatoms. The first-order chi connectivity index (χ1) is 9.77. The van der Waals surface area contributed by atoms with Gasteiger partial charge in [0.05, 0.1) is 5.56 Å². The second-order valence-corrected chi connectivity index (χ2v) is 6.25. The molecule has 0 fully saturated rings. The van der Waals surface area contributed by atoms with Crippen molar-refractivity contribution in [2.45, 2.75) is 6.18 Å². The van der Waals surface area contributed by atoms with Crippen LogP contribution in [0.4, 0.5) is 18.9 Å². The van der Waals surface area contributed by atoms with Gasteiger partial charge in [-0.3, -0.25) is 4.79 Å². The van der Waals surface area contributed by atoms with Crippen molar-refractivity contribution in [3.8, 4) is 0 Å². The third-order valence-corrected chi connectivity index (χ3v) is 4.05. The minimum atomic E-state index is -4.48. The minimum Gasteiger partial charge on any atom is -0.322 e. The lowest BCUT2D eigenvalue weighted by atomic mass is 10.1. The van der Waals surface area contributed by atoms with Gasteiger partial charge in [-0.25, -0.2) is 0 Å². The molecule has 0 saturated carbocycles. The van der Waals surface area contributed by atoms with Crippen LogP contribution >= 0.6 is 38.5 Å². The van der Waals surface area contributed by atoms with Gasteiger partial charge >= 0.3 is 6.18 Å². The van der Waals surface area contributed by atoms with Crippen LogP contribution in [0.2, 0.25) is 0 Å². The molecule has 0 aliphatic carbocycles. The number of hydrogen-bond acceptors (Lipinski definition) is 1. The number of hydrogen-bond donors (Lipinski definition) is 1. The quantitative estimate of drug-likeness (QED) is 0.592. The lowest BCUT2D eigenvalue weighted by molar-refractivity contribution is -0.138. The molecule has 0 aliphatic rings. The van der Waals surface area contributed by atoms with Gasteiger partial charge in [-0.2, -0.15) is 13.2 Å². The fourth-order valence-corrected chi connectivity index (χ4v) is 2.46. The summed E-state index contributed by atoms with van der Waals surface area (Å²) in [7, 11) is 0. The topological polar surface area (TPSA) is 29.1 Å². The predicted octanol–water partition coefficient (Wildman–Crippen LogP) is 5.32. The van der Waals surface area contributed by atoms with Gasteiger partial charge in [0.1, 0.15) is 0 Å². The van der Waals surface area contributed by atoms with Gasteiger partial charge in [-0.1, -0.05) is 15.9 Å². The van der Waals surface area contributed by atoms with Crippen molar-refractivity contribution in [2.24, 2.45) is 0 Å². The molecule has 110 valence electrons. The maximum atomic E-state index is 12.8. The molecule has 2 nitrogen and oxygen atoms in total. The van der Waals surface area contributed by atoms with Crippen LogP contribution in [0, 0.1) is 3.57 Å². The summed E-state index contributed by atoms with van der Waals surface area (Å²) in [6.45, 7) is 0. The molecule has 0 atom stereocenters. The molecule has 1 amide bonds. The third kappa shape index (κ3) is 4.19. The van der Waals surface area contributed by atoms with Crippen LogP contribution in [0.25, 0.3) is 0 Å². The van der Waals surface area contributed by atoms with Crippen LogP contribution in [-0.2, 0) is 6.18 Å². The molecule has 0 aromatic heterocycles. The molecule has 2 rings (SSSR count). The molecule has 2 aromatic rings. The second-order valence-electron chi connectivity index (χ2n) is 4.15. The number of carbonyl (C=O) groups excluding carboxylic acids is 1. The van der Waals surface area contributed by atoms with Gasteiger partial charge in [0, 0.05) is 19.3 Å². The van der Waals surface area contributed by atoms with Crippen molar-refractivity contribution in [3.63, 3.8) is 0 Å². The van der Waals surface area contributed by atoms with E-state index in [9.17, 15) is 18.0 Å². The number of anilines is 1. The zero-order valence-electron chi connectivity index (χ0n) is 10.3. The monoisotopic (exact) mass is 469 g/mol. The van der Waals surface area contributed by atoms with E-state index >= 15 is 0 Å². The Morgan fingerprint density at radius 3 is 2.29 bits per heavy atom. The van der Waals surface area contributed by atoms with E-state index in [1.165, 1.54) is 12.1 Å². The number of carbonyl (C=O) groups is 1. The number of halogens is 5. The highest BCUT2D eigenvalue weighted by atomic mass is 127. The molecule has 1 N–H and O–H groups in total. The number of nitrogens with one attached hydrogen (secondary N) is 1. The maximum Gasteiger partial charge on any atom is 0.417 e. The Morgan fingerprint density at radius 2 is 1.71 bits per heavy atom. The maximum absolute atomic E-state index is 12.8. The first kappa shape index (κ1) is 16.3. The van der Waals surface area contributed by atoms with Gasteiger partial charge in [0.25, 0.3) is 5.91 Å². The van der Waals surface area contributed by atoms with Gasteiger partial charge in [-0.05, 0) is 65.1 Å². The first-order valence-corrected chi connectivity index (χ1v) is 7.58. The highest BCUT2D eigenvalue weighted by molar-refractivity contribution is 14.1. The van der Waals surface area contributed by atoms with E-state index in [0.717, 1.165) is 9.64 Å². The van der Waals surface area contributed by atoms with Crippen molar-refractivity contribution in [1.29, 1.82) is 0 Å². The molecule has 0 heterocycles. The van der Waals surface area contributed by atoms with E-state index in [1.807, 2.05) is 0 Å². The van der Waals surface area contributed by atoms with E-state index in [0.29, 0.717) is 5.56 Å². The molecule has 21 heavy (non-hydrogen) atoms. The van der Waals surface area contributed by atoms with E-state index in [1.54, 1.807) is 24.3 Å². The second kappa shape index (κ2) is 6.35. The summed E-state index contributed by atoms with van der Waals surface area (Å²) in [6, 6.07) is 10.3. The van der Waals surface area contributed by atoms with Gasteiger partial charge in [0.2, 0.25) is 0 Å². The highest BCUT2D eigenvalue weighted by Crippen LogP contribution is 2.36. The van der Waals surface area contributed by atoms with Crippen LogP contribution in [0.1, 0.15) is 15.9 Å². The molecule has 0 saturated heterocycles. The Morgan fingerprint density at radius 1 is 1.10 bits per heavy atom. The van der Waals surface area contributed by atoms with Crippen LogP contribution in [0.15, 0.2) is 46.9 Å². The standard InChI is InChI=1S/C14H8BrF3INO/c15-12-6-5-10(7-11(12)14(16,17)18)20-13(21)8-1-3-9(19)4-2-8/h1-7H,(H,20,21). The Bertz CT molecular complexity index is 671. The fourth-order valence-electron chi connectivity index (χ4n) is 1.62. The number of benzene rings is 2. The Kier molecular flexibility index (Phi) is 4.92. The smallest absolute Gasteiger partial charge is 0.322 e. The summed E-state index contributed by atoms with van der Waals surface area (Å²) < 4.78 is 39.3. The average Bonchev–Trinajstić information content (AvgIpc) is 2.40. The number of amides is 1. The Hall–Kier alpha value is -1.09. The Labute approximate surface area is 141 Å². The van der Waals surface area contributed by atoms with Crippen molar-refractivity contribution < 1.29 is 18.0 Å². The summed E-state index contributed by atoms with van der Waals surface area (Å²) in [5.41, 5.74) is -0.358. The van der Waals surface area contributed by atoms with Crippen LogP contribution in [0.5, 0.6) is 0 Å². The average molecular weight is 470 g/mol. The van der Waals surface area contributed by atoms with Crippen molar-refractivity contribution in [2.75, 3.05) is 5.32 Å². The van der Waals surface area contributed by atoms with E-state index < -0.39 is 17.6 Å². The minimum absolute atomic E-state index is 0.0673. The SMILES string of the molecule is O=C(Nc1ccc(Br)c(C(F)(F)F)c1)c1ccc(I)cc1. The first-order valence-electron chi connectivity index (χ1n) is 5.71. The third-order valence-electron chi connectivity index (χ3n) is 2.64. The predicted molar refractivity (Wildman–Crippen MR) is 86.3 cm³/mol. The van der Waals surface area contributed by atoms with E-state index in [-0.39, 0.29) is 10.2 Å². The molecule has 0 aliphatic heterocycles. The van der Waals surface area contributed by atoms with Crippen molar-refractivity contribution in [3.05, 3.63) is 61.6 Å². The van der Waals surface area contributed by atoms with Gasteiger partial charge < -0.3 is 5.32 Å². The summed E-state index contributed by atoms with van der Waals surface area (Å²) in [6.07, 6.45) is -4.48. The zero-order chi connectivity index (χ0) is 15.6. The molecule has 0 radical (unpaired) electrons. The summed E-state index contributed by atoms with van der Waals surface area (Å²) >= 11 is 4.95. The van der Waals surface area contributed by atoms with Crippen LogP contribution < -0.4 is 5.32 Å². The molecule has 0 spiro atoms. The molecule has 0 bridgehead atoms. The number of rotatable bonds is 2. The van der Waals surface area contributed by atoms with Crippen LogP contribution in [-0.4, -0.2) is 5.91 Å². The van der Waals surface area contributed by atoms with Crippen LogP contribution in [0.3, 0.4) is 0 Å². The lowest BCUT2D eigenvalue weighted by Gasteiger charge is -2.12. The van der Waals surface area contributed by atoms with Gasteiger partial charge in [0.15, 0.2) is 0 Å². The lowest BCUT2D eigenvalue weighted by Crippen LogP contribution is -2.13. The molecule has 2 aromatic carbocycles. The van der Waals surface area contributed by atoms with Gasteiger partial charge in [-0.15, -0.1) is 0 Å². The Balaban J connectivity index is 2.24. The largest absolute Gasteiger partial charge is 0.417 e. The van der Waals surface area contributed by atoms with Crippen molar-refractivity contribution in [1.82, 2.24) is 0 Å². The van der Waals surface area contributed by atoms with E-state index in [4.69, 9.17) is 0 Å². The molecular formula is C14H8BrF3INO. The summed E-state index contributed by atoms with van der Waals surface area (Å²) in [5, 5.41) is 2.46. The number of alkyl halides is 3.